The lowest BCUT2D eigenvalue weighted by Crippen LogP contribution is -2.49. The Morgan fingerprint density at radius 2 is 1.58 bits per heavy atom. The summed E-state index contributed by atoms with van der Waals surface area (Å²) in [6, 6.07) is 19.0. The first kappa shape index (κ1) is 20.2. The van der Waals surface area contributed by atoms with Crippen molar-refractivity contribution in [3.05, 3.63) is 65.3 Å². The molecule has 1 saturated heterocycles. The summed E-state index contributed by atoms with van der Waals surface area (Å²) in [5, 5.41) is 0.991. The monoisotopic (exact) mass is 476 g/mol. The van der Waals surface area contributed by atoms with Crippen molar-refractivity contribution in [3.8, 4) is 22.5 Å². The SMILES string of the molecule is CC(C)N1CCN(c2nc(-c3ccc(Br)cc3)nc3occ(-c4ccccc4)c23)CC1. The van der Waals surface area contributed by atoms with E-state index in [9.17, 15) is 0 Å². The number of nitrogens with zero attached hydrogens (tertiary/aromatic N) is 4. The smallest absolute Gasteiger partial charge is 0.232 e. The molecule has 0 aliphatic carbocycles. The maximum Gasteiger partial charge on any atom is 0.232 e. The number of piperazine rings is 1. The number of benzene rings is 2. The van der Waals surface area contributed by atoms with Gasteiger partial charge in [0.05, 0.1) is 5.39 Å². The molecule has 6 heteroatoms. The van der Waals surface area contributed by atoms with Gasteiger partial charge in [0, 0.05) is 47.8 Å². The van der Waals surface area contributed by atoms with Crippen LogP contribution in [0.15, 0.2) is 69.8 Å². The van der Waals surface area contributed by atoms with Crippen LogP contribution in [0.3, 0.4) is 0 Å². The van der Waals surface area contributed by atoms with Crippen molar-refractivity contribution in [2.45, 2.75) is 19.9 Å². The number of halogens is 1. The molecular weight excluding hydrogens is 452 g/mol. The summed E-state index contributed by atoms with van der Waals surface area (Å²) in [6.45, 7) is 8.43. The first-order chi connectivity index (χ1) is 15.1. The van der Waals surface area contributed by atoms with Crippen molar-refractivity contribution in [1.29, 1.82) is 0 Å². The number of aromatic nitrogens is 2. The van der Waals surface area contributed by atoms with Crippen LogP contribution in [0, 0.1) is 0 Å². The maximum atomic E-state index is 5.98. The van der Waals surface area contributed by atoms with E-state index in [0.717, 1.165) is 58.5 Å². The molecule has 5 rings (SSSR count). The molecule has 0 amide bonds. The lowest BCUT2D eigenvalue weighted by Gasteiger charge is -2.37. The quantitative estimate of drug-likeness (QED) is 0.369. The fourth-order valence-electron chi connectivity index (χ4n) is 4.16. The van der Waals surface area contributed by atoms with Crippen molar-refractivity contribution in [1.82, 2.24) is 14.9 Å². The Balaban J connectivity index is 1.64. The van der Waals surface area contributed by atoms with Crippen LogP contribution in [0.1, 0.15) is 13.8 Å². The Morgan fingerprint density at radius 3 is 2.26 bits per heavy atom. The van der Waals surface area contributed by atoms with Gasteiger partial charge in [-0.05, 0) is 31.5 Å². The maximum absolute atomic E-state index is 5.98. The van der Waals surface area contributed by atoms with Gasteiger partial charge >= 0.3 is 0 Å². The van der Waals surface area contributed by atoms with Gasteiger partial charge in [0.15, 0.2) is 5.82 Å². The average Bonchev–Trinajstić information content (AvgIpc) is 3.24. The topological polar surface area (TPSA) is 45.4 Å². The van der Waals surface area contributed by atoms with E-state index in [1.165, 1.54) is 0 Å². The molecule has 4 aromatic rings. The molecule has 1 aliphatic rings. The summed E-state index contributed by atoms with van der Waals surface area (Å²) in [6.07, 6.45) is 1.81. The zero-order valence-electron chi connectivity index (χ0n) is 17.8. The summed E-state index contributed by atoms with van der Waals surface area (Å²) in [5.74, 6) is 1.65. The summed E-state index contributed by atoms with van der Waals surface area (Å²) in [7, 11) is 0. The minimum atomic E-state index is 0.555. The van der Waals surface area contributed by atoms with Crippen LogP contribution in [0.4, 0.5) is 5.82 Å². The van der Waals surface area contributed by atoms with Crippen LogP contribution in [-0.2, 0) is 0 Å². The Kier molecular flexibility index (Phi) is 5.50. The highest BCUT2D eigenvalue weighted by atomic mass is 79.9. The highest BCUT2D eigenvalue weighted by Gasteiger charge is 2.25. The Hall–Kier alpha value is -2.70. The highest BCUT2D eigenvalue weighted by molar-refractivity contribution is 9.10. The zero-order chi connectivity index (χ0) is 21.4. The van der Waals surface area contributed by atoms with Gasteiger partial charge in [-0.15, -0.1) is 0 Å². The number of furan rings is 1. The Labute approximate surface area is 190 Å². The number of hydrogen-bond donors (Lipinski definition) is 0. The molecule has 0 atom stereocenters. The molecular formula is C25H25BrN4O. The summed E-state index contributed by atoms with van der Waals surface area (Å²) >= 11 is 3.51. The minimum Gasteiger partial charge on any atom is -0.445 e. The third-order valence-corrected chi connectivity index (χ3v) is 6.47. The van der Waals surface area contributed by atoms with E-state index in [0.29, 0.717) is 17.6 Å². The molecule has 0 saturated carbocycles. The second-order valence-corrected chi connectivity index (χ2v) is 9.11. The highest BCUT2D eigenvalue weighted by Crippen LogP contribution is 2.37. The number of rotatable bonds is 4. The number of hydrogen-bond acceptors (Lipinski definition) is 5. The Morgan fingerprint density at radius 1 is 0.871 bits per heavy atom. The lowest BCUT2D eigenvalue weighted by molar-refractivity contribution is 0.209. The first-order valence-corrected chi connectivity index (χ1v) is 11.5. The Bertz CT molecular complexity index is 1180. The molecule has 0 N–H and O–H groups in total. The number of fused-ring (bicyclic) bond motifs is 1. The average molecular weight is 477 g/mol. The van der Waals surface area contributed by atoms with E-state index in [1.54, 1.807) is 0 Å². The number of anilines is 1. The fraction of sp³-hybridized carbons (Fsp3) is 0.280. The molecule has 5 nitrogen and oxygen atoms in total. The molecule has 0 radical (unpaired) electrons. The molecule has 0 bridgehead atoms. The van der Waals surface area contributed by atoms with Crippen molar-refractivity contribution in [3.63, 3.8) is 0 Å². The normalized spacial score (nSPS) is 15.2. The summed E-state index contributed by atoms with van der Waals surface area (Å²) in [5.41, 5.74) is 3.76. The summed E-state index contributed by atoms with van der Waals surface area (Å²) < 4.78 is 7.02. The van der Waals surface area contributed by atoms with E-state index in [-0.39, 0.29) is 0 Å². The van der Waals surface area contributed by atoms with E-state index in [1.807, 2.05) is 48.7 Å². The molecule has 0 spiro atoms. The van der Waals surface area contributed by atoms with Gasteiger partial charge in [-0.3, -0.25) is 4.90 Å². The van der Waals surface area contributed by atoms with Gasteiger partial charge in [0.25, 0.3) is 0 Å². The second kappa shape index (κ2) is 8.44. The van der Waals surface area contributed by atoms with Crippen molar-refractivity contribution in [2.75, 3.05) is 31.1 Å². The molecule has 158 valence electrons. The predicted molar refractivity (Wildman–Crippen MR) is 129 cm³/mol. The predicted octanol–water partition coefficient (Wildman–Crippen LogP) is 5.85. The summed E-state index contributed by atoms with van der Waals surface area (Å²) in [4.78, 5) is 14.8. The van der Waals surface area contributed by atoms with Crippen LogP contribution in [0.2, 0.25) is 0 Å². The first-order valence-electron chi connectivity index (χ1n) is 10.7. The molecule has 1 fully saturated rings. The third-order valence-electron chi connectivity index (χ3n) is 5.95. The molecule has 3 heterocycles. The third kappa shape index (κ3) is 3.98. The fourth-order valence-corrected chi connectivity index (χ4v) is 4.42. The van der Waals surface area contributed by atoms with Gasteiger partial charge in [-0.1, -0.05) is 58.4 Å². The molecule has 2 aromatic heterocycles. The van der Waals surface area contributed by atoms with Crippen LogP contribution >= 0.6 is 15.9 Å². The van der Waals surface area contributed by atoms with E-state index >= 15 is 0 Å². The lowest BCUT2D eigenvalue weighted by atomic mass is 10.1. The van der Waals surface area contributed by atoms with E-state index in [4.69, 9.17) is 14.4 Å². The molecule has 2 aromatic carbocycles. The molecule has 1 aliphatic heterocycles. The van der Waals surface area contributed by atoms with E-state index in [2.05, 4.69) is 51.7 Å². The van der Waals surface area contributed by atoms with Gasteiger partial charge in [-0.2, -0.15) is 4.98 Å². The second-order valence-electron chi connectivity index (χ2n) is 8.19. The van der Waals surface area contributed by atoms with Crippen LogP contribution in [0.25, 0.3) is 33.6 Å². The molecule has 31 heavy (non-hydrogen) atoms. The van der Waals surface area contributed by atoms with Crippen LogP contribution in [-0.4, -0.2) is 47.1 Å². The zero-order valence-corrected chi connectivity index (χ0v) is 19.3. The van der Waals surface area contributed by atoms with Crippen LogP contribution < -0.4 is 4.90 Å². The van der Waals surface area contributed by atoms with Gasteiger partial charge in [-0.25, -0.2) is 4.98 Å². The van der Waals surface area contributed by atoms with Gasteiger partial charge < -0.3 is 9.32 Å². The van der Waals surface area contributed by atoms with Crippen molar-refractivity contribution >= 4 is 32.8 Å². The largest absolute Gasteiger partial charge is 0.445 e. The van der Waals surface area contributed by atoms with Crippen LogP contribution in [0.5, 0.6) is 0 Å². The van der Waals surface area contributed by atoms with Gasteiger partial charge in [0.2, 0.25) is 5.71 Å². The standard InChI is InChI=1S/C25H25BrN4O/c1-17(2)29-12-14-30(15-13-29)24-22-21(18-6-4-3-5-7-18)16-31-25(22)28-23(27-24)19-8-10-20(26)11-9-19/h3-11,16-17H,12-15H2,1-2H3. The van der Waals surface area contributed by atoms with Gasteiger partial charge in [0.1, 0.15) is 12.1 Å². The van der Waals surface area contributed by atoms with E-state index < -0.39 is 0 Å². The molecule has 0 unspecified atom stereocenters. The minimum absolute atomic E-state index is 0.555. The van der Waals surface area contributed by atoms with Crippen molar-refractivity contribution < 1.29 is 4.42 Å². The van der Waals surface area contributed by atoms with Crippen molar-refractivity contribution in [2.24, 2.45) is 0 Å².